The van der Waals surface area contributed by atoms with Gasteiger partial charge in [-0.15, -0.1) is 0 Å². The summed E-state index contributed by atoms with van der Waals surface area (Å²) in [5.41, 5.74) is 5.84. The molecule has 2 aromatic rings. The quantitative estimate of drug-likeness (QED) is 0.752. The number of phenolic OH excluding ortho intramolecular Hbond substituents is 1. The zero-order chi connectivity index (χ0) is 17.0. The number of hydrogen-bond donors (Lipinski definition) is 3. The molecule has 2 amide bonds. The topological polar surface area (TPSA) is 81.7 Å². The highest BCUT2D eigenvalue weighted by molar-refractivity contribution is 6.31. The normalized spacial score (nSPS) is 10.0. The van der Waals surface area contributed by atoms with E-state index in [1.54, 1.807) is 24.3 Å². The van der Waals surface area contributed by atoms with E-state index in [0.29, 0.717) is 10.6 Å². The van der Waals surface area contributed by atoms with E-state index in [2.05, 4.69) is 10.9 Å². The number of carbonyl (C=O) groups excluding carboxylic acids is 2. The molecule has 0 atom stereocenters. The summed E-state index contributed by atoms with van der Waals surface area (Å²) < 4.78 is 0. The summed E-state index contributed by atoms with van der Waals surface area (Å²) in [5.74, 6) is -1.36. The van der Waals surface area contributed by atoms with Crippen molar-refractivity contribution in [2.24, 2.45) is 0 Å². The van der Waals surface area contributed by atoms with Gasteiger partial charge in [-0.1, -0.05) is 11.6 Å². The van der Waals surface area contributed by atoms with Gasteiger partial charge >= 0.3 is 0 Å². The Morgan fingerprint density at radius 1 is 1.00 bits per heavy atom. The first-order chi connectivity index (χ1) is 10.9. The lowest BCUT2D eigenvalue weighted by molar-refractivity contribution is 0.0845. The molecule has 0 aromatic heterocycles. The van der Waals surface area contributed by atoms with Gasteiger partial charge in [0.15, 0.2) is 0 Å². The summed E-state index contributed by atoms with van der Waals surface area (Å²) in [4.78, 5) is 25.8. The van der Waals surface area contributed by atoms with Crippen molar-refractivity contribution in [2.45, 2.75) is 0 Å². The van der Waals surface area contributed by atoms with Crippen LogP contribution in [0.25, 0.3) is 0 Å². The van der Waals surface area contributed by atoms with Crippen molar-refractivity contribution >= 4 is 29.1 Å². The number of nitrogens with one attached hydrogen (secondary N) is 2. The molecule has 0 saturated heterocycles. The van der Waals surface area contributed by atoms with Crippen LogP contribution in [-0.4, -0.2) is 31.0 Å². The molecular formula is C16H16ClN3O3. The summed E-state index contributed by atoms with van der Waals surface area (Å²) in [6, 6.07) is 10.9. The van der Waals surface area contributed by atoms with Crippen molar-refractivity contribution in [3.05, 3.63) is 58.6 Å². The number of benzene rings is 2. The van der Waals surface area contributed by atoms with E-state index in [0.717, 1.165) is 5.69 Å². The van der Waals surface area contributed by atoms with Crippen LogP contribution in [0.2, 0.25) is 5.02 Å². The van der Waals surface area contributed by atoms with Gasteiger partial charge in [-0.25, -0.2) is 0 Å². The Morgan fingerprint density at radius 2 is 1.61 bits per heavy atom. The number of anilines is 1. The van der Waals surface area contributed by atoms with Crippen LogP contribution in [-0.2, 0) is 0 Å². The van der Waals surface area contributed by atoms with E-state index in [1.165, 1.54) is 18.2 Å². The molecule has 3 N–H and O–H groups in total. The molecule has 0 aliphatic heterocycles. The summed E-state index contributed by atoms with van der Waals surface area (Å²) in [7, 11) is 3.79. The molecular weight excluding hydrogens is 318 g/mol. The Balaban J connectivity index is 2.01. The van der Waals surface area contributed by atoms with Crippen LogP contribution in [0, 0.1) is 0 Å². The highest BCUT2D eigenvalue weighted by atomic mass is 35.5. The average Bonchev–Trinajstić information content (AvgIpc) is 2.54. The average molecular weight is 334 g/mol. The number of hydrazine groups is 1. The molecule has 0 heterocycles. The fourth-order valence-corrected chi connectivity index (χ4v) is 2.03. The van der Waals surface area contributed by atoms with Gasteiger partial charge in [0, 0.05) is 30.4 Å². The molecule has 2 aromatic carbocycles. The first kappa shape index (κ1) is 16.6. The molecule has 2 rings (SSSR count). The molecule has 0 saturated carbocycles. The van der Waals surface area contributed by atoms with Crippen LogP contribution >= 0.6 is 11.6 Å². The van der Waals surface area contributed by atoms with Gasteiger partial charge in [-0.05, 0) is 42.5 Å². The van der Waals surface area contributed by atoms with Crippen LogP contribution < -0.4 is 15.8 Å². The van der Waals surface area contributed by atoms with Crippen molar-refractivity contribution in [1.29, 1.82) is 0 Å². The number of carbonyl (C=O) groups is 2. The first-order valence-electron chi connectivity index (χ1n) is 6.75. The maximum absolute atomic E-state index is 12.0. The minimum atomic E-state index is -0.664. The second-order valence-electron chi connectivity index (χ2n) is 5.01. The van der Waals surface area contributed by atoms with Crippen molar-refractivity contribution < 1.29 is 14.7 Å². The molecule has 0 aliphatic rings. The van der Waals surface area contributed by atoms with Gasteiger partial charge in [0.05, 0.1) is 5.56 Å². The highest BCUT2D eigenvalue weighted by Gasteiger charge is 2.13. The standard InChI is InChI=1S/C16H16ClN3O3/c1-20(2)12-6-3-10(4-7-12)15(22)18-19-16(23)13-9-11(17)5-8-14(13)21/h3-9,21H,1-2H3,(H,18,22)(H,19,23). The Morgan fingerprint density at radius 3 is 2.22 bits per heavy atom. The van der Waals surface area contributed by atoms with Crippen LogP contribution in [0.5, 0.6) is 5.75 Å². The highest BCUT2D eigenvalue weighted by Crippen LogP contribution is 2.21. The first-order valence-corrected chi connectivity index (χ1v) is 7.13. The monoisotopic (exact) mass is 333 g/mol. The minimum Gasteiger partial charge on any atom is -0.507 e. The van der Waals surface area contributed by atoms with Crippen LogP contribution in [0.1, 0.15) is 20.7 Å². The Kier molecular flexibility index (Phi) is 5.08. The van der Waals surface area contributed by atoms with Gasteiger partial charge in [-0.3, -0.25) is 20.4 Å². The van der Waals surface area contributed by atoms with Crippen molar-refractivity contribution in [2.75, 3.05) is 19.0 Å². The van der Waals surface area contributed by atoms with Gasteiger partial charge in [-0.2, -0.15) is 0 Å². The maximum atomic E-state index is 12.0. The molecule has 0 fully saturated rings. The molecule has 23 heavy (non-hydrogen) atoms. The van der Waals surface area contributed by atoms with E-state index in [1.807, 2.05) is 19.0 Å². The van der Waals surface area contributed by atoms with Crippen LogP contribution in [0.15, 0.2) is 42.5 Å². The van der Waals surface area contributed by atoms with Gasteiger partial charge in [0.1, 0.15) is 5.75 Å². The van der Waals surface area contributed by atoms with E-state index in [9.17, 15) is 14.7 Å². The molecule has 0 bridgehead atoms. The number of rotatable bonds is 3. The molecule has 6 nitrogen and oxygen atoms in total. The molecule has 7 heteroatoms. The molecule has 0 unspecified atom stereocenters. The lowest BCUT2D eigenvalue weighted by Gasteiger charge is -2.13. The SMILES string of the molecule is CN(C)c1ccc(C(=O)NNC(=O)c2cc(Cl)ccc2O)cc1. The summed E-state index contributed by atoms with van der Waals surface area (Å²) in [5, 5.41) is 9.94. The summed E-state index contributed by atoms with van der Waals surface area (Å²) in [6.07, 6.45) is 0. The molecule has 0 radical (unpaired) electrons. The zero-order valence-corrected chi connectivity index (χ0v) is 13.4. The van der Waals surface area contributed by atoms with Crippen LogP contribution in [0.4, 0.5) is 5.69 Å². The summed E-state index contributed by atoms with van der Waals surface area (Å²) >= 11 is 5.78. The maximum Gasteiger partial charge on any atom is 0.273 e. The minimum absolute atomic E-state index is 0.0271. The van der Waals surface area contributed by atoms with Gasteiger partial charge in [0.25, 0.3) is 11.8 Å². The number of amides is 2. The van der Waals surface area contributed by atoms with Gasteiger partial charge < -0.3 is 10.0 Å². The zero-order valence-electron chi connectivity index (χ0n) is 12.6. The third-order valence-electron chi connectivity index (χ3n) is 3.14. The Bertz CT molecular complexity index is 730. The van der Waals surface area contributed by atoms with Gasteiger partial charge in [0.2, 0.25) is 0 Å². The largest absolute Gasteiger partial charge is 0.507 e. The third-order valence-corrected chi connectivity index (χ3v) is 3.37. The third kappa shape index (κ3) is 4.14. The second kappa shape index (κ2) is 7.02. The predicted octanol–water partition coefficient (Wildman–Crippen LogP) is 2.19. The van der Waals surface area contributed by atoms with E-state index >= 15 is 0 Å². The number of nitrogens with zero attached hydrogens (tertiary/aromatic N) is 1. The number of phenols is 1. The lowest BCUT2D eigenvalue weighted by atomic mass is 10.2. The van der Waals surface area contributed by atoms with E-state index in [-0.39, 0.29) is 11.3 Å². The smallest absolute Gasteiger partial charge is 0.273 e. The summed E-state index contributed by atoms with van der Waals surface area (Å²) in [6.45, 7) is 0. The number of aromatic hydroxyl groups is 1. The number of halogens is 1. The van der Waals surface area contributed by atoms with Crippen LogP contribution in [0.3, 0.4) is 0 Å². The lowest BCUT2D eigenvalue weighted by Crippen LogP contribution is -2.41. The molecule has 0 spiro atoms. The van der Waals surface area contributed by atoms with E-state index < -0.39 is 11.8 Å². The second-order valence-corrected chi connectivity index (χ2v) is 5.45. The van der Waals surface area contributed by atoms with Crippen molar-refractivity contribution in [1.82, 2.24) is 10.9 Å². The van der Waals surface area contributed by atoms with E-state index in [4.69, 9.17) is 11.6 Å². The fourth-order valence-electron chi connectivity index (χ4n) is 1.85. The molecule has 120 valence electrons. The predicted molar refractivity (Wildman–Crippen MR) is 88.8 cm³/mol. The Labute approximate surface area is 138 Å². The van der Waals surface area contributed by atoms with Crippen molar-refractivity contribution in [3.8, 4) is 5.75 Å². The van der Waals surface area contributed by atoms with Crippen molar-refractivity contribution in [3.63, 3.8) is 0 Å². The molecule has 0 aliphatic carbocycles. The Hall–Kier alpha value is -2.73. The number of hydrogen-bond acceptors (Lipinski definition) is 4. The fraction of sp³-hybridized carbons (Fsp3) is 0.125.